The van der Waals surface area contributed by atoms with Gasteiger partial charge in [-0.2, -0.15) is 5.10 Å². The van der Waals surface area contributed by atoms with E-state index in [9.17, 15) is 0 Å². The van der Waals surface area contributed by atoms with E-state index in [1.165, 1.54) is 24.8 Å². The highest BCUT2D eigenvalue weighted by Gasteiger charge is 2.19. The van der Waals surface area contributed by atoms with E-state index in [2.05, 4.69) is 35.6 Å². The first-order valence-corrected chi connectivity index (χ1v) is 6.63. The fourth-order valence-electron chi connectivity index (χ4n) is 1.85. The molecule has 1 aromatic heterocycles. The number of hydrogen-bond donors (Lipinski definition) is 1. The molecule has 0 unspecified atom stereocenters. The van der Waals surface area contributed by atoms with Crippen molar-refractivity contribution in [3.05, 3.63) is 18.0 Å². The third-order valence-corrected chi connectivity index (χ3v) is 3.12. The summed E-state index contributed by atoms with van der Waals surface area (Å²) in [6.45, 7) is 3.17. The van der Waals surface area contributed by atoms with Gasteiger partial charge in [0.05, 0.1) is 12.7 Å². The maximum atomic E-state index is 4.38. The van der Waals surface area contributed by atoms with E-state index in [-0.39, 0.29) is 0 Å². The first-order chi connectivity index (χ1) is 8.24. The Balaban J connectivity index is 1.62. The molecule has 0 bridgehead atoms. The van der Waals surface area contributed by atoms with E-state index in [0.29, 0.717) is 0 Å². The SMILES string of the molecule is CN(C)CCn1cc(CCCNC2CC2)cn1. The summed E-state index contributed by atoms with van der Waals surface area (Å²) in [4.78, 5) is 2.18. The highest BCUT2D eigenvalue weighted by molar-refractivity contribution is 5.03. The monoisotopic (exact) mass is 236 g/mol. The number of aromatic nitrogens is 2. The Kier molecular flexibility index (Phi) is 4.57. The van der Waals surface area contributed by atoms with E-state index in [1.54, 1.807) is 0 Å². The molecule has 1 aliphatic rings. The van der Waals surface area contributed by atoms with Crippen molar-refractivity contribution in [3.8, 4) is 0 Å². The number of aryl methyl sites for hydroxylation is 1. The second-order valence-electron chi connectivity index (χ2n) is 5.25. The van der Waals surface area contributed by atoms with Crippen LogP contribution in [0, 0.1) is 0 Å². The Hall–Kier alpha value is -0.870. The molecule has 96 valence electrons. The molecule has 0 aromatic carbocycles. The van der Waals surface area contributed by atoms with Crippen LogP contribution in [0.2, 0.25) is 0 Å². The molecule has 1 saturated carbocycles. The smallest absolute Gasteiger partial charge is 0.0536 e. The third kappa shape index (κ3) is 4.88. The van der Waals surface area contributed by atoms with Crippen LogP contribution in [0.4, 0.5) is 0 Å². The topological polar surface area (TPSA) is 33.1 Å². The molecule has 0 radical (unpaired) electrons. The Morgan fingerprint density at radius 2 is 2.29 bits per heavy atom. The largest absolute Gasteiger partial charge is 0.314 e. The molecule has 1 aromatic rings. The molecule has 1 aliphatic carbocycles. The van der Waals surface area contributed by atoms with Gasteiger partial charge in [-0.1, -0.05) is 0 Å². The van der Waals surface area contributed by atoms with Crippen LogP contribution in [0.25, 0.3) is 0 Å². The average molecular weight is 236 g/mol. The molecule has 4 nitrogen and oxygen atoms in total. The first kappa shape index (κ1) is 12.6. The van der Waals surface area contributed by atoms with Crippen LogP contribution in [0.15, 0.2) is 12.4 Å². The highest BCUT2D eigenvalue weighted by Crippen LogP contribution is 2.18. The van der Waals surface area contributed by atoms with Gasteiger partial charge in [-0.15, -0.1) is 0 Å². The van der Waals surface area contributed by atoms with Gasteiger partial charge < -0.3 is 10.2 Å². The average Bonchev–Trinajstić information content (AvgIpc) is 3.01. The molecular formula is C13H24N4. The molecular weight excluding hydrogens is 212 g/mol. The summed E-state index contributed by atoms with van der Waals surface area (Å²) in [5.74, 6) is 0. The standard InChI is InChI=1S/C13H24N4/c1-16(2)8-9-17-11-12(10-15-17)4-3-7-14-13-5-6-13/h10-11,13-14H,3-9H2,1-2H3. The normalized spacial score (nSPS) is 15.7. The number of hydrogen-bond acceptors (Lipinski definition) is 3. The summed E-state index contributed by atoms with van der Waals surface area (Å²) in [6, 6.07) is 0.831. The summed E-state index contributed by atoms with van der Waals surface area (Å²) in [6.07, 6.45) is 9.30. The minimum atomic E-state index is 0.831. The predicted octanol–water partition coefficient (Wildman–Crippen LogP) is 1.13. The molecule has 2 rings (SSSR count). The lowest BCUT2D eigenvalue weighted by molar-refractivity contribution is 0.373. The maximum absolute atomic E-state index is 4.38. The van der Waals surface area contributed by atoms with Crippen LogP contribution < -0.4 is 5.32 Å². The minimum absolute atomic E-state index is 0.831. The lowest BCUT2D eigenvalue weighted by Gasteiger charge is -2.08. The van der Waals surface area contributed by atoms with Gasteiger partial charge in [0.2, 0.25) is 0 Å². The fourth-order valence-corrected chi connectivity index (χ4v) is 1.85. The van der Waals surface area contributed by atoms with E-state index < -0.39 is 0 Å². The third-order valence-electron chi connectivity index (χ3n) is 3.12. The number of nitrogens with zero attached hydrogens (tertiary/aromatic N) is 3. The summed E-state index contributed by atoms with van der Waals surface area (Å²) in [7, 11) is 4.18. The van der Waals surface area contributed by atoms with Crippen molar-refractivity contribution in [1.29, 1.82) is 0 Å². The molecule has 0 aliphatic heterocycles. The van der Waals surface area contributed by atoms with Gasteiger partial charge >= 0.3 is 0 Å². The van der Waals surface area contributed by atoms with E-state index in [0.717, 1.165) is 32.1 Å². The summed E-state index contributed by atoms with van der Waals surface area (Å²) in [5, 5.41) is 7.92. The zero-order valence-corrected chi connectivity index (χ0v) is 11.0. The molecule has 1 heterocycles. The Morgan fingerprint density at radius 3 is 3.00 bits per heavy atom. The Labute approximate surface area is 104 Å². The van der Waals surface area contributed by atoms with E-state index >= 15 is 0 Å². The second kappa shape index (κ2) is 6.17. The highest BCUT2D eigenvalue weighted by atomic mass is 15.3. The van der Waals surface area contributed by atoms with Crippen LogP contribution in [0.3, 0.4) is 0 Å². The van der Waals surface area contributed by atoms with Gasteiger partial charge in [-0.05, 0) is 51.9 Å². The molecule has 0 saturated heterocycles. The predicted molar refractivity (Wildman–Crippen MR) is 70.1 cm³/mol. The lowest BCUT2D eigenvalue weighted by atomic mass is 10.2. The lowest BCUT2D eigenvalue weighted by Crippen LogP contribution is -2.18. The van der Waals surface area contributed by atoms with E-state index in [1.807, 2.05) is 10.9 Å². The van der Waals surface area contributed by atoms with Gasteiger partial charge in [0.15, 0.2) is 0 Å². The van der Waals surface area contributed by atoms with Gasteiger partial charge in [0, 0.05) is 18.8 Å². The zero-order chi connectivity index (χ0) is 12.1. The quantitative estimate of drug-likeness (QED) is 0.687. The second-order valence-corrected chi connectivity index (χ2v) is 5.25. The van der Waals surface area contributed by atoms with Crippen LogP contribution in [0.5, 0.6) is 0 Å². The summed E-state index contributed by atoms with van der Waals surface area (Å²) >= 11 is 0. The first-order valence-electron chi connectivity index (χ1n) is 6.63. The molecule has 17 heavy (non-hydrogen) atoms. The minimum Gasteiger partial charge on any atom is -0.314 e. The van der Waals surface area contributed by atoms with Gasteiger partial charge in [0.1, 0.15) is 0 Å². The molecule has 4 heteroatoms. The molecule has 0 atom stereocenters. The zero-order valence-electron chi connectivity index (χ0n) is 11.0. The Morgan fingerprint density at radius 1 is 1.47 bits per heavy atom. The Bertz CT molecular complexity index is 328. The molecule has 1 N–H and O–H groups in total. The molecule has 0 amide bonds. The number of rotatable bonds is 8. The summed E-state index contributed by atoms with van der Waals surface area (Å²) in [5.41, 5.74) is 1.36. The maximum Gasteiger partial charge on any atom is 0.0536 e. The number of likely N-dealkylation sites (N-methyl/N-ethyl adjacent to an activating group) is 1. The summed E-state index contributed by atoms with van der Waals surface area (Å²) < 4.78 is 2.05. The fraction of sp³-hybridized carbons (Fsp3) is 0.769. The van der Waals surface area contributed by atoms with Crippen molar-refractivity contribution >= 4 is 0 Å². The van der Waals surface area contributed by atoms with Crippen molar-refractivity contribution < 1.29 is 0 Å². The van der Waals surface area contributed by atoms with Crippen LogP contribution in [0.1, 0.15) is 24.8 Å². The molecule has 1 fully saturated rings. The van der Waals surface area contributed by atoms with Gasteiger partial charge in [-0.3, -0.25) is 4.68 Å². The van der Waals surface area contributed by atoms with Gasteiger partial charge in [0.25, 0.3) is 0 Å². The van der Waals surface area contributed by atoms with Crippen molar-refractivity contribution in [2.24, 2.45) is 0 Å². The van der Waals surface area contributed by atoms with Gasteiger partial charge in [-0.25, -0.2) is 0 Å². The van der Waals surface area contributed by atoms with Crippen molar-refractivity contribution in [3.63, 3.8) is 0 Å². The van der Waals surface area contributed by atoms with Crippen LogP contribution in [-0.2, 0) is 13.0 Å². The van der Waals surface area contributed by atoms with Crippen molar-refractivity contribution in [1.82, 2.24) is 20.0 Å². The number of nitrogens with one attached hydrogen (secondary N) is 1. The van der Waals surface area contributed by atoms with Crippen molar-refractivity contribution in [2.45, 2.75) is 38.3 Å². The van der Waals surface area contributed by atoms with Crippen molar-refractivity contribution in [2.75, 3.05) is 27.2 Å². The van der Waals surface area contributed by atoms with Crippen LogP contribution >= 0.6 is 0 Å². The molecule has 0 spiro atoms. The van der Waals surface area contributed by atoms with Crippen LogP contribution in [-0.4, -0.2) is 47.9 Å². The van der Waals surface area contributed by atoms with E-state index in [4.69, 9.17) is 0 Å².